The molecule has 0 aliphatic carbocycles. The molecule has 0 spiro atoms. The van der Waals surface area contributed by atoms with Crippen molar-refractivity contribution < 1.29 is 9.90 Å². The van der Waals surface area contributed by atoms with E-state index >= 15 is 0 Å². The number of nitrogens with zero attached hydrogens (tertiary/aromatic N) is 1. The number of amides is 1. The van der Waals surface area contributed by atoms with Crippen LogP contribution in [0, 0.1) is 0 Å². The number of rotatable bonds is 1. The molecule has 1 aliphatic rings. The summed E-state index contributed by atoms with van der Waals surface area (Å²) in [5.41, 5.74) is -0.508. The second-order valence-corrected chi connectivity index (χ2v) is 3.58. The molecule has 0 bridgehead atoms. The first-order valence-corrected chi connectivity index (χ1v) is 4.55. The van der Waals surface area contributed by atoms with Gasteiger partial charge in [-0.1, -0.05) is 6.92 Å². The van der Waals surface area contributed by atoms with Gasteiger partial charge in [0.1, 0.15) is 0 Å². The Labute approximate surface area is 73.4 Å². The van der Waals surface area contributed by atoms with Crippen molar-refractivity contribution in [1.82, 2.24) is 4.90 Å². The summed E-state index contributed by atoms with van der Waals surface area (Å²) >= 11 is 0. The molecule has 1 fully saturated rings. The van der Waals surface area contributed by atoms with Gasteiger partial charge in [-0.2, -0.15) is 0 Å². The molecule has 0 aromatic carbocycles. The number of likely N-dealkylation sites (tertiary alicyclic amines) is 1. The summed E-state index contributed by atoms with van der Waals surface area (Å²) < 4.78 is 0. The molecule has 3 nitrogen and oxygen atoms in total. The zero-order valence-corrected chi connectivity index (χ0v) is 7.84. The highest BCUT2D eigenvalue weighted by Gasteiger charge is 2.30. The maximum atomic E-state index is 10.9. The van der Waals surface area contributed by atoms with E-state index in [4.69, 9.17) is 0 Å². The summed E-state index contributed by atoms with van der Waals surface area (Å²) in [5, 5.41) is 9.84. The van der Waals surface area contributed by atoms with Gasteiger partial charge in [0.25, 0.3) is 0 Å². The van der Waals surface area contributed by atoms with E-state index in [1.54, 1.807) is 11.8 Å². The van der Waals surface area contributed by atoms with Crippen LogP contribution in [0.15, 0.2) is 0 Å². The van der Waals surface area contributed by atoms with Crippen LogP contribution < -0.4 is 0 Å². The van der Waals surface area contributed by atoms with Crippen LogP contribution in [0.2, 0.25) is 0 Å². The molecular weight excluding hydrogens is 154 g/mol. The van der Waals surface area contributed by atoms with Gasteiger partial charge in [-0.15, -0.1) is 0 Å². The lowest BCUT2D eigenvalue weighted by molar-refractivity contribution is -0.133. The summed E-state index contributed by atoms with van der Waals surface area (Å²) in [5.74, 6) is 0.119. The van der Waals surface area contributed by atoms with Crippen LogP contribution in [0.1, 0.15) is 33.1 Å². The van der Waals surface area contributed by atoms with Crippen molar-refractivity contribution in [3.8, 4) is 0 Å². The number of carbonyl (C=O) groups excluding carboxylic acids is 1. The van der Waals surface area contributed by atoms with Gasteiger partial charge in [-0.3, -0.25) is 4.79 Å². The maximum absolute atomic E-state index is 10.9. The van der Waals surface area contributed by atoms with Crippen molar-refractivity contribution in [3.63, 3.8) is 0 Å². The molecule has 0 aromatic rings. The molecule has 1 heterocycles. The lowest BCUT2D eigenvalue weighted by atomic mass is 9.89. The lowest BCUT2D eigenvalue weighted by Crippen LogP contribution is -2.45. The Morgan fingerprint density at radius 1 is 1.50 bits per heavy atom. The molecule has 1 rings (SSSR count). The van der Waals surface area contributed by atoms with Gasteiger partial charge in [-0.05, 0) is 19.3 Å². The molecule has 3 heteroatoms. The minimum Gasteiger partial charge on any atom is -0.390 e. The quantitative estimate of drug-likeness (QED) is 0.633. The molecule has 0 aromatic heterocycles. The second-order valence-electron chi connectivity index (χ2n) is 3.58. The van der Waals surface area contributed by atoms with Gasteiger partial charge >= 0.3 is 0 Å². The van der Waals surface area contributed by atoms with Gasteiger partial charge < -0.3 is 10.0 Å². The third kappa shape index (κ3) is 1.97. The first kappa shape index (κ1) is 9.52. The van der Waals surface area contributed by atoms with Crippen LogP contribution in [0.3, 0.4) is 0 Å². The highest BCUT2D eigenvalue weighted by Crippen LogP contribution is 2.24. The second kappa shape index (κ2) is 3.44. The predicted molar refractivity (Wildman–Crippen MR) is 46.7 cm³/mol. The summed E-state index contributed by atoms with van der Waals surface area (Å²) in [6.45, 7) is 4.99. The van der Waals surface area contributed by atoms with Crippen LogP contribution in [0.25, 0.3) is 0 Å². The van der Waals surface area contributed by atoms with E-state index in [0.29, 0.717) is 13.1 Å². The molecule has 70 valence electrons. The van der Waals surface area contributed by atoms with E-state index in [-0.39, 0.29) is 5.91 Å². The average Bonchev–Trinajstić information content (AvgIpc) is 2.05. The van der Waals surface area contributed by atoms with Crippen LogP contribution in [0.5, 0.6) is 0 Å². The van der Waals surface area contributed by atoms with E-state index in [1.165, 1.54) is 0 Å². The van der Waals surface area contributed by atoms with E-state index in [0.717, 1.165) is 19.3 Å². The Bertz CT molecular complexity index is 171. The van der Waals surface area contributed by atoms with Gasteiger partial charge in [0.2, 0.25) is 5.91 Å². The van der Waals surface area contributed by atoms with Gasteiger partial charge in [0.05, 0.1) is 5.60 Å². The average molecular weight is 171 g/mol. The molecule has 0 saturated carbocycles. The molecule has 1 saturated heterocycles. The number of hydrogen-bond acceptors (Lipinski definition) is 2. The Hall–Kier alpha value is -0.570. The fraction of sp³-hybridized carbons (Fsp3) is 0.889. The Morgan fingerprint density at radius 2 is 2.00 bits per heavy atom. The zero-order valence-electron chi connectivity index (χ0n) is 7.84. The van der Waals surface area contributed by atoms with Crippen molar-refractivity contribution in [3.05, 3.63) is 0 Å². The van der Waals surface area contributed by atoms with Crippen LogP contribution in [0.4, 0.5) is 0 Å². The molecule has 1 aliphatic heterocycles. The standard InChI is InChI=1S/C9H17NO2/c1-3-9(12)4-6-10(7-5-9)8(2)11/h12H,3-7H2,1-2H3. The van der Waals surface area contributed by atoms with Gasteiger partial charge in [0.15, 0.2) is 0 Å². The first-order valence-electron chi connectivity index (χ1n) is 4.55. The fourth-order valence-corrected chi connectivity index (χ4v) is 1.59. The smallest absolute Gasteiger partial charge is 0.219 e. The molecule has 12 heavy (non-hydrogen) atoms. The van der Waals surface area contributed by atoms with Gasteiger partial charge in [0, 0.05) is 20.0 Å². The van der Waals surface area contributed by atoms with Crippen LogP contribution in [-0.4, -0.2) is 34.6 Å². The zero-order chi connectivity index (χ0) is 9.19. The first-order chi connectivity index (χ1) is 5.57. The van der Waals surface area contributed by atoms with Crippen LogP contribution in [-0.2, 0) is 4.79 Å². The van der Waals surface area contributed by atoms with Crippen molar-refractivity contribution in [2.45, 2.75) is 38.7 Å². The number of piperidine rings is 1. The molecule has 0 unspecified atom stereocenters. The van der Waals surface area contributed by atoms with E-state index < -0.39 is 5.60 Å². The van der Waals surface area contributed by atoms with Crippen molar-refractivity contribution in [2.75, 3.05) is 13.1 Å². The van der Waals surface area contributed by atoms with Crippen molar-refractivity contribution in [1.29, 1.82) is 0 Å². The SMILES string of the molecule is CCC1(O)CCN(C(C)=O)CC1. The van der Waals surface area contributed by atoms with E-state index in [2.05, 4.69) is 0 Å². The fourth-order valence-electron chi connectivity index (χ4n) is 1.59. The van der Waals surface area contributed by atoms with Crippen molar-refractivity contribution in [2.24, 2.45) is 0 Å². The highest BCUT2D eigenvalue weighted by atomic mass is 16.3. The highest BCUT2D eigenvalue weighted by molar-refractivity contribution is 5.73. The summed E-state index contributed by atoms with van der Waals surface area (Å²) in [6, 6.07) is 0. The monoisotopic (exact) mass is 171 g/mol. The third-order valence-corrected chi connectivity index (χ3v) is 2.80. The predicted octanol–water partition coefficient (Wildman–Crippen LogP) is 0.770. The van der Waals surface area contributed by atoms with E-state index in [1.807, 2.05) is 6.92 Å². The number of aliphatic hydroxyl groups is 1. The molecule has 1 amide bonds. The van der Waals surface area contributed by atoms with E-state index in [9.17, 15) is 9.90 Å². The Kier molecular flexibility index (Phi) is 2.73. The molecule has 0 atom stereocenters. The Balaban J connectivity index is 2.44. The minimum absolute atomic E-state index is 0.119. The van der Waals surface area contributed by atoms with Crippen molar-refractivity contribution >= 4 is 5.91 Å². The maximum Gasteiger partial charge on any atom is 0.219 e. The normalized spacial score (nSPS) is 22.4. The summed E-state index contributed by atoms with van der Waals surface area (Å²) in [7, 11) is 0. The third-order valence-electron chi connectivity index (χ3n) is 2.80. The summed E-state index contributed by atoms with van der Waals surface area (Å²) in [6.07, 6.45) is 2.24. The molecular formula is C9H17NO2. The number of hydrogen-bond donors (Lipinski definition) is 1. The van der Waals surface area contributed by atoms with Crippen LogP contribution >= 0.6 is 0 Å². The Morgan fingerprint density at radius 3 is 2.33 bits per heavy atom. The molecule has 1 N–H and O–H groups in total. The topological polar surface area (TPSA) is 40.5 Å². The lowest BCUT2D eigenvalue weighted by Gasteiger charge is -2.37. The summed E-state index contributed by atoms with van der Waals surface area (Å²) in [4.78, 5) is 12.7. The largest absolute Gasteiger partial charge is 0.390 e. The number of carbonyl (C=O) groups is 1. The van der Waals surface area contributed by atoms with Gasteiger partial charge in [-0.25, -0.2) is 0 Å². The minimum atomic E-state index is -0.508. The molecule has 0 radical (unpaired) electrons.